The minimum Gasteiger partial charge on any atom is -0.396 e. The van der Waals surface area contributed by atoms with Gasteiger partial charge in [-0.15, -0.1) is 0 Å². The molecule has 1 saturated heterocycles. The molecule has 4 N–H and O–H groups in total. The molecule has 1 aliphatic heterocycles. The average molecular weight is 698 g/mol. The Kier molecular flexibility index (Phi) is 15.0. The molecule has 2 aromatic carbocycles. The first-order valence-electron chi connectivity index (χ1n) is 18.3. The highest BCUT2D eigenvalue weighted by Gasteiger charge is 2.34. The number of aliphatic hydroxyl groups is 1. The Balaban J connectivity index is 1.37. The SMILES string of the molecule is C=N/C=C(\NCC1CCCN1C(=O)C(NC(C)=O)C(C)C)c1ccc(-c2ccc(-c3cnc(CN(CCC)C(=O)CCCCCO)[nH]3)cc2)cc1. The molecule has 0 spiro atoms. The van der Waals surface area contributed by atoms with E-state index in [4.69, 9.17) is 5.11 Å². The van der Waals surface area contributed by atoms with Crippen LogP contribution in [-0.2, 0) is 20.9 Å². The molecular formula is C40H55N7O4. The second-order valence-electron chi connectivity index (χ2n) is 13.6. The summed E-state index contributed by atoms with van der Waals surface area (Å²) in [5.41, 5.74) is 5.83. The average Bonchev–Trinajstić information content (AvgIpc) is 3.80. The highest BCUT2D eigenvalue weighted by Crippen LogP contribution is 2.26. The van der Waals surface area contributed by atoms with Crippen molar-refractivity contribution < 1.29 is 19.5 Å². The predicted molar refractivity (Wildman–Crippen MR) is 203 cm³/mol. The van der Waals surface area contributed by atoms with E-state index in [1.807, 2.05) is 42.0 Å². The first kappa shape index (κ1) is 39.0. The number of amides is 3. The van der Waals surface area contributed by atoms with Crippen molar-refractivity contribution in [3.63, 3.8) is 0 Å². The van der Waals surface area contributed by atoms with Gasteiger partial charge >= 0.3 is 0 Å². The van der Waals surface area contributed by atoms with Gasteiger partial charge in [0.2, 0.25) is 17.7 Å². The third kappa shape index (κ3) is 11.1. The summed E-state index contributed by atoms with van der Waals surface area (Å²) < 4.78 is 0. The lowest BCUT2D eigenvalue weighted by Crippen LogP contribution is -2.53. The van der Waals surface area contributed by atoms with Crippen LogP contribution in [0.15, 0.2) is 65.9 Å². The van der Waals surface area contributed by atoms with Gasteiger partial charge in [-0.1, -0.05) is 75.7 Å². The number of benzene rings is 2. The summed E-state index contributed by atoms with van der Waals surface area (Å²) in [4.78, 5) is 53.7. The molecule has 1 aliphatic rings. The van der Waals surface area contributed by atoms with Gasteiger partial charge in [-0.25, -0.2) is 4.98 Å². The highest BCUT2D eigenvalue weighted by molar-refractivity contribution is 5.87. The Morgan fingerprint density at radius 1 is 1.08 bits per heavy atom. The van der Waals surface area contributed by atoms with Crippen molar-refractivity contribution in [2.45, 2.75) is 91.3 Å². The fraction of sp³-hybridized carbons (Fsp3) is 0.475. The van der Waals surface area contributed by atoms with Crippen molar-refractivity contribution in [3.05, 3.63) is 72.3 Å². The van der Waals surface area contributed by atoms with Crippen LogP contribution in [0.1, 0.15) is 84.0 Å². The van der Waals surface area contributed by atoms with Gasteiger partial charge in [-0.3, -0.25) is 19.4 Å². The minimum absolute atomic E-state index is 0.00649. The number of aliphatic hydroxyl groups excluding tert-OH is 1. The zero-order chi connectivity index (χ0) is 36.8. The number of rotatable bonds is 19. The van der Waals surface area contributed by atoms with Crippen molar-refractivity contribution in [1.82, 2.24) is 30.4 Å². The number of imidazole rings is 1. The van der Waals surface area contributed by atoms with E-state index in [2.05, 4.69) is 75.6 Å². The number of unbranched alkanes of at least 4 members (excludes halogenated alkanes) is 2. The molecule has 2 heterocycles. The van der Waals surface area contributed by atoms with Gasteiger partial charge in [0.15, 0.2) is 0 Å². The van der Waals surface area contributed by atoms with Gasteiger partial charge in [-0.2, -0.15) is 0 Å². The van der Waals surface area contributed by atoms with E-state index in [9.17, 15) is 14.4 Å². The van der Waals surface area contributed by atoms with Crippen molar-refractivity contribution in [2.24, 2.45) is 10.9 Å². The van der Waals surface area contributed by atoms with E-state index >= 15 is 0 Å². The smallest absolute Gasteiger partial charge is 0.245 e. The lowest BCUT2D eigenvalue weighted by atomic mass is 10.0. The zero-order valence-corrected chi connectivity index (χ0v) is 30.7. The molecule has 51 heavy (non-hydrogen) atoms. The van der Waals surface area contributed by atoms with Crippen LogP contribution in [-0.4, -0.2) is 87.6 Å². The van der Waals surface area contributed by atoms with E-state index in [0.717, 1.165) is 78.0 Å². The monoisotopic (exact) mass is 697 g/mol. The second-order valence-corrected chi connectivity index (χ2v) is 13.6. The maximum absolute atomic E-state index is 13.4. The Labute approximate surface area is 302 Å². The minimum atomic E-state index is -0.538. The maximum Gasteiger partial charge on any atom is 0.245 e. The van der Waals surface area contributed by atoms with Crippen molar-refractivity contribution in [1.29, 1.82) is 0 Å². The van der Waals surface area contributed by atoms with Gasteiger partial charge in [0.05, 0.1) is 24.1 Å². The van der Waals surface area contributed by atoms with E-state index in [1.54, 1.807) is 6.20 Å². The van der Waals surface area contributed by atoms with Crippen LogP contribution in [0.3, 0.4) is 0 Å². The number of hydrogen-bond acceptors (Lipinski definition) is 7. The standard InChI is InChI=1S/C40H55N7O4/c1-6-21-46(38(50)12-8-7-9-23-48)27-37-43-26-36(45-37)33-19-15-31(16-20-33)30-13-17-32(18-14-30)35(25-41-5)42-24-34-11-10-22-47(34)40(51)39(28(2)3)44-29(4)49/h13-20,25-26,28,34,39,42,48H,5-12,21-24,27H2,1-4H3,(H,43,45)(H,44,49)/b35-25-. The predicted octanol–water partition coefficient (Wildman–Crippen LogP) is 5.78. The molecule has 2 unspecified atom stereocenters. The quantitative estimate of drug-likeness (QED) is 0.0925. The second kappa shape index (κ2) is 19.6. The third-order valence-corrected chi connectivity index (χ3v) is 9.29. The van der Waals surface area contributed by atoms with Crippen molar-refractivity contribution in [3.8, 4) is 22.4 Å². The molecule has 0 saturated carbocycles. The normalized spacial score (nSPS) is 15.1. The Morgan fingerprint density at radius 3 is 2.39 bits per heavy atom. The molecule has 11 nitrogen and oxygen atoms in total. The molecule has 4 rings (SSSR count). The topological polar surface area (TPSA) is 143 Å². The van der Waals surface area contributed by atoms with Crippen molar-refractivity contribution >= 4 is 30.1 Å². The van der Waals surface area contributed by atoms with Crippen molar-refractivity contribution in [2.75, 3.05) is 26.2 Å². The Hall–Kier alpha value is -4.77. The fourth-order valence-electron chi connectivity index (χ4n) is 6.53. The van der Waals surface area contributed by atoms with Crippen LogP contribution in [0, 0.1) is 5.92 Å². The number of likely N-dealkylation sites (tertiary alicyclic amines) is 1. The molecule has 274 valence electrons. The van der Waals surface area contributed by atoms with Gasteiger partial charge in [0.25, 0.3) is 0 Å². The number of H-pyrrole nitrogens is 1. The lowest BCUT2D eigenvalue weighted by Gasteiger charge is -2.31. The van der Waals surface area contributed by atoms with Gasteiger partial charge in [0, 0.05) is 51.8 Å². The molecule has 0 aliphatic carbocycles. The summed E-state index contributed by atoms with van der Waals surface area (Å²) in [5, 5.41) is 15.3. The first-order chi connectivity index (χ1) is 24.6. The molecule has 11 heteroatoms. The Bertz CT molecular complexity index is 1610. The van der Waals surface area contributed by atoms with Gasteiger partial charge in [0.1, 0.15) is 11.9 Å². The number of nitrogens with zero attached hydrogens (tertiary/aromatic N) is 4. The van der Waals surface area contributed by atoms with Crippen LogP contribution < -0.4 is 10.6 Å². The first-order valence-corrected chi connectivity index (χ1v) is 18.3. The zero-order valence-electron chi connectivity index (χ0n) is 30.7. The lowest BCUT2D eigenvalue weighted by molar-refractivity contribution is -0.138. The number of aromatic nitrogens is 2. The summed E-state index contributed by atoms with van der Waals surface area (Å²) in [6.45, 7) is 13.6. The van der Waals surface area contributed by atoms with Crippen LogP contribution in [0.2, 0.25) is 0 Å². The Morgan fingerprint density at radius 2 is 1.76 bits per heavy atom. The summed E-state index contributed by atoms with van der Waals surface area (Å²) in [6, 6.07) is 16.0. The molecule has 0 bridgehead atoms. The van der Waals surface area contributed by atoms with Crippen LogP contribution in [0.4, 0.5) is 0 Å². The molecular weight excluding hydrogens is 642 g/mol. The number of aromatic amines is 1. The number of carbonyl (C=O) groups is 3. The van der Waals surface area contributed by atoms with Crippen LogP contribution in [0.25, 0.3) is 28.1 Å². The number of aliphatic imine (C=N–C) groups is 1. The number of nitrogens with one attached hydrogen (secondary N) is 3. The summed E-state index contributed by atoms with van der Waals surface area (Å²) in [6.07, 6.45) is 9.04. The fourth-order valence-corrected chi connectivity index (χ4v) is 6.53. The van der Waals surface area contributed by atoms with E-state index < -0.39 is 6.04 Å². The molecule has 0 radical (unpaired) electrons. The molecule has 3 aromatic rings. The maximum atomic E-state index is 13.4. The van der Waals surface area contributed by atoms with E-state index in [0.29, 0.717) is 32.6 Å². The molecule has 2 atom stereocenters. The largest absolute Gasteiger partial charge is 0.396 e. The molecule has 3 amide bonds. The van der Waals surface area contributed by atoms with Crippen LogP contribution in [0.5, 0.6) is 0 Å². The summed E-state index contributed by atoms with van der Waals surface area (Å²) in [5.74, 6) is 0.631. The van der Waals surface area contributed by atoms with Crippen LogP contribution >= 0.6 is 0 Å². The van der Waals surface area contributed by atoms with Gasteiger partial charge < -0.3 is 30.5 Å². The third-order valence-electron chi connectivity index (χ3n) is 9.29. The number of hydrogen-bond donors (Lipinski definition) is 4. The highest BCUT2D eigenvalue weighted by atomic mass is 16.3. The summed E-state index contributed by atoms with van der Waals surface area (Å²) >= 11 is 0. The summed E-state index contributed by atoms with van der Waals surface area (Å²) in [7, 11) is 0. The molecule has 1 fully saturated rings. The number of carbonyl (C=O) groups excluding carboxylic acids is 3. The molecule has 1 aromatic heterocycles. The van der Waals surface area contributed by atoms with E-state index in [-0.39, 0.29) is 36.3 Å². The van der Waals surface area contributed by atoms with Gasteiger partial charge in [-0.05, 0) is 67.0 Å². The van der Waals surface area contributed by atoms with E-state index in [1.165, 1.54) is 6.92 Å².